The van der Waals surface area contributed by atoms with Crippen molar-refractivity contribution in [2.75, 3.05) is 11.9 Å². The lowest BCUT2D eigenvalue weighted by Gasteiger charge is -2.07. The van der Waals surface area contributed by atoms with E-state index >= 15 is 0 Å². The predicted octanol–water partition coefficient (Wildman–Crippen LogP) is 2.01. The number of hydrogen-bond acceptors (Lipinski definition) is 4. The fourth-order valence-corrected chi connectivity index (χ4v) is 1.74. The van der Waals surface area contributed by atoms with Gasteiger partial charge in [-0.1, -0.05) is 12.1 Å². The number of nitrogens with zero attached hydrogens (tertiary/aromatic N) is 2. The third-order valence-electron chi connectivity index (χ3n) is 2.67. The van der Waals surface area contributed by atoms with Gasteiger partial charge in [0.25, 0.3) is 0 Å². The zero-order chi connectivity index (χ0) is 12.6. The number of nitrogens with one attached hydrogen (secondary N) is 1. The van der Waals surface area contributed by atoms with Gasteiger partial charge in [0.2, 0.25) is 0 Å². The van der Waals surface area contributed by atoms with Crippen molar-refractivity contribution in [1.29, 1.82) is 0 Å². The van der Waals surface area contributed by atoms with Crippen molar-refractivity contribution in [3.05, 3.63) is 54.1 Å². The molecule has 2 rings (SSSR count). The van der Waals surface area contributed by atoms with E-state index in [1.54, 1.807) is 12.5 Å². The molecular weight excluding hydrogens is 226 g/mol. The van der Waals surface area contributed by atoms with Crippen LogP contribution < -0.4 is 5.32 Å². The van der Waals surface area contributed by atoms with E-state index < -0.39 is 0 Å². The summed E-state index contributed by atoms with van der Waals surface area (Å²) in [6.45, 7) is 0.921. The van der Waals surface area contributed by atoms with Crippen LogP contribution in [0.25, 0.3) is 0 Å². The van der Waals surface area contributed by atoms with Gasteiger partial charge in [0.1, 0.15) is 6.33 Å². The van der Waals surface area contributed by atoms with E-state index in [0.717, 1.165) is 24.2 Å². The van der Waals surface area contributed by atoms with Gasteiger partial charge < -0.3 is 10.4 Å². The molecule has 0 aliphatic heterocycles. The van der Waals surface area contributed by atoms with Crippen LogP contribution in [0.1, 0.15) is 17.7 Å². The Bertz CT molecular complexity index is 473. The number of anilines is 1. The zero-order valence-corrected chi connectivity index (χ0v) is 10.2. The van der Waals surface area contributed by atoms with Gasteiger partial charge >= 0.3 is 0 Å². The molecule has 0 radical (unpaired) electrons. The zero-order valence-electron chi connectivity index (χ0n) is 10.2. The number of aromatic nitrogens is 2. The highest BCUT2D eigenvalue weighted by atomic mass is 16.2. The van der Waals surface area contributed by atoms with Crippen molar-refractivity contribution in [3.63, 3.8) is 0 Å². The Labute approximate surface area is 107 Å². The van der Waals surface area contributed by atoms with Crippen LogP contribution in [0, 0.1) is 0 Å². The van der Waals surface area contributed by atoms with Crippen LogP contribution in [0.3, 0.4) is 0 Å². The summed E-state index contributed by atoms with van der Waals surface area (Å²) in [5, 5.41) is 12.1. The van der Waals surface area contributed by atoms with Gasteiger partial charge in [-0.2, -0.15) is 0 Å². The van der Waals surface area contributed by atoms with Gasteiger partial charge in [-0.25, -0.2) is 9.97 Å². The molecule has 0 saturated heterocycles. The molecule has 0 bridgehead atoms. The molecule has 0 amide bonds. The molecule has 0 atom stereocenters. The molecule has 1 heterocycles. The number of hydrogen-bond donors (Lipinski definition) is 2. The summed E-state index contributed by atoms with van der Waals surface area (Å²) in [7, 11) is 0. The summed E-state index contributed by atoms with van der Waals surface area (Å²) in [4.78, 5) is 8.04. The first-order valence-electron chi connectivity index (χ1n) is 6.07. The summed E-state index contributed by atoms with van der Waals surface area (Å²) in [6.07, 6.45) is 4.99. The van der Waals surface area contributed by atoms with E-state index in [9.17, 15) is 0 Å². The first-order chi connectivity index (χ1) is 8.88. The fourth-order valence-electron chi connectivity index (χ4n) is 1.74. The highest BCUT2D eigenvalue weighted by Gasteiger charge is 1.97. The first-order valence-corrected chi connectivity index (χ1v) is 6.07. The highest BCUT2D eigenvalue weighted by Crippen LogP contribution is 2.13. The first kappa shape index (κ1) is 12.5. The maximum Gasteiger partial charge on any atom is 0.115 e. The third-order valence-corrected chi connectivity index (χ3v) is 2.67. The molecule has 1 aromatic heterocycles. The summed E-state index contributed by atoms with van der Waals surface area (Å²) in [5.74, 6) is 0. The molecule has 0 aliphatic rings. The minimum atomic E-state index is 0.235. The smallest absolute Gasteiger partial charge is 0.115 e. The van der Waals surface area contributed by atoms with Crippen LogP contribution in [0.4, 0.5) is 5.69 Å². The summed E-state index contributed by atoms with van der Waals surface area (Å²) >= 11 is 0. The van der Waals surface area contributed by atoms with Gasteiger partial charge in [-0.15, -0.1) is 0 Å². The fraction of sp³-hybridized carbons (Fsp3) is 0.286. The van der Waals surface area contributed by atoms with Crippen LogP contribution in [0.15, 0.2) is 42.9 Å². The molecule has 94 valence electrons. The Kier molecular flexibility index (Phi) is 4.67. The molecule has 0 saturated carbocycles. The maximum atomic E-state index is 8.82. The molecule has 2 aromatic rings. The molecule has 2 N–H and O–H groups in total. The largest absolute Gasteiger partial charge is 0.396 e. The summed E-state index contributed by atoms with van der Waals surface area (Å²) < 4.78 is 0. The molecule has 18 heavy (non-hydrogen) atoms. The Hall–Kier alpha value is -1.94. The van der Waals surface area contributed by atoms with Gasteiger partial charge in [-0.05, 0) is 36.6 Å². The Morgan fingerprint density at radius 1 is 1.22 bits per heavy atom. The topological polar surface area (TPSA) is 58.0 Å². The van der Waals surface area contributed by atoms with E-state index in [4.69, 9.17) is 5.11 Å². The van der Waals surface area contributed by atoms with Crippen molar-refractivity contribution in [1.82, 2.24) is 9.97 Å². The normalized spacial score (nSPS) is 10.3. The second kappa shape index (κ2) is 6.71. The second-order valence-electron chi connectivity index (χ2n) is 4.08. The lowest BCUT2D eigenvalue weighted by atomic mass is 10.1. The lowest BCUT2D eigenvalue weighted by Crippen LogP contribution is -2.02. The Morgan fingerprint density at radius 3 is 2.94 bits per heavy atom. The molecule has 1 aromatic carbocycles. The number of rotatable bonds is 6. The molecule has 0 fully saturated rings. The van der Waals surface area contributed by atoms with Gasteiger partial charge in [0.15, 0.2) is 0 Å². The maximum absolute atomic E-state index is 8.82. The van der Waals surface area contributed by atoms with Gasteiger partial charge in [0.05, 0.1) is 12.2 Å². The van der Waals surface area contributed by atoms with Crippen molar-refractivity contribution in [2.45, 2.75) is 19.4 Å². The van der Waals surface area contributed by atoms with E-state index in [0.29, 0.717) is 6.54 Å². The van der Waals surface area contributed by atoms with Crippen molar-refractivity contribution in [3.8, 4) is 0 Å². The van der Waals surface area contributed by atoms with E-state index in [2.05, 4.69) is 27.4 Å². The predicted molar refractivity (Wildman–Crippen MR) is 71.2 cm³/mol. The van der Waals surface area contributed by atoms with Crippen molar-refractivity contribution < 1.29 is 5.11 Å². The van der Waals surface area contributed by atoms with E-state index in [1.165, 1.54) is 5.56 Å². The number of aliphatic hydroxyl groups excluding tert-OH is 1. The van der Waals surface area contributed by atoms with Crippen molar-refractivity contribution >= 4 is 5.69 Å². The van der Waals surface area contributed by atoms with Gasteiger partial charge in [-0.3, -0.25) is 0 Å². The minimum absolute atomic E-state index is 0.235. The highest BCUT2D eigenvalue weighted by molar-refractivity contribution is 5.45. The van der Waals surface area contributed by atoms with Crippen LogP contribution in [0.5, 0.6) is 0 Å². The Morgan fingerprint density at radius 2 is 2.17 bits per heavy atom. The third kappa shape index (κ3) is 3.82. The molecule has 4 heteroatoms. The monoisotopic (exact) mass is 243 g/mol. The number of aliphatic hydroxyl groups is 1. The second-order valence-corrected chi connectivity index (χ2v) is 4.08. The summed E-state index contributed by atoms with van der Waals surface area (Å²) in [5.41, 5.74) is 3.27. The number of benzene rings is 1. The molecule has 0 aliphatic carbocycles. The Balaban J connectivity index is 1.93. The lowest BCUT2D eigenvalue weighted by molar-refractivity contribution is 0.288. The average molecular weight is 243 g/mol. The van der Waals surface area contributed by atoms with Crippen LogP contribution in [-0.4, -0.2) is 21.7 Å². The molecule has 0 unspecified atom stereocenters. The molecular formula is C14H17N3O. The van der Waals surface area contributed by atoms with Crippen LogP contribution in [-0.2, 0) is 13.0 Å². The van der Waals surface area contributed by atoms with Gasteiger partial charge in [0, 0.05) is 18.5 Å². The SMILES string of the molecule is OCCCc1cccc(NCc2ccncn2)c1. The van der Waals surface area contributed by atoms with Crippen molar-refractivity contribution in [2.24, 2.45) is 0 Å². The number of aryl methyl sites for hydroxylation is 1. The van der Waals surface area contributed by atoms with Crippen LogP contribution >= 0.6 is 0 Å². The quantitative estimate of drug-likeness (QED) is 0.815. The van der Waals surface area contributed by atoms with E-state index in [1.807, 2.05) is 18.2 Å². The van der Waals surface area contributed by atoms with Crippen LogP contribution in [0.2, 0.25) is 0 Å². The average Bonchev–Trinajstić information content (AvgIpc) is 2.44. The standard InChI is InChI=1S/C14H17N3O/c18-8-2-4-12-3-1-5-13(9-12)16-10-14-6-7-15-11-17-14/h1,3,5-7,9,11,16,18H,2,4,8,10H2. The minimum Gasteiger partial charge on any atom is -0.396 e. The van der Waals surface area contributed by atoms with E-state index in [-0.39, 0.29) is 6.61 Å². The summed E-state index contributed by atoms with van der Waals surface area (Å²) in [6, 6.07) is 10.1. The molecule has 0 spiro atoms. The molecule has 4 nitrogen and oxygen atoms in total.